The second-order valence-corrected chi connectivity index (χ2v) is 5.00. The number of hydrogen-bond acceptors (Lipinski definition) is 1. The standard InChI is InChI=1S/C16H17NS/c1-17(2)16(18)12-13-8-10-15(11-9-13)14-6-4-3-5-7-14/h3-11H,12H2,1-2H3. The maximum atomic E-state index is 5.31. The van der Waals surface area contributed by atoms with Gasteiger partial charge < -0.3 is 4.90 Å². The van der Waals surface area contributed by atoms with Crippen LogP contribution in [0.5, 0.6) is 0 Å². The normalized spacial score (nSPS) is 10.1. The van der Waals surface area contributed by atoms with E-state index >= 15 is 0 Å². The maximum Gasteiger partial charge on any atom is 0.0818 e. The minimum absolute atomic E-state index is 0.831. The van der Waals surface area contributed by atoms with Crippen molar-refractivity contribution in [2.24, 2.45) is 0 Å². The number of benzene rings is 2. The lowest BCUT2D eigenvalue weighted by Crippen LogP contribution is -2.21. The van der Waals surface area contributed by atoms with E-state index in [1.165, 1.54) is 16.7 Å². The second kappa shape index (κ2) is 5.78. The van der Waals surface area contributed by atoms with Crippen LogP contribution in [0.15, 0.2) is 54.6 Å². The molecule has 0 unspecified atom stereocenters. The first-order chi connectivity index (χ1) is 8.66. The fraction of sp³-hybridized carbons (Fsp3) is 0.188. The van der Waals surface area contributed by atoms with Crippen LogP contribution in [0.2, 0.25) is 0 Å². The van der Waals surface area contributed by atoms with Gasteiger partial charge in [0.15, 0.2) is 0 Å². The molecule has 0 bridgehead atoms. The molecule has 0 saturated carbocycles. The molecule has 0 amide bonds. The quantitative estimate of drug-likeness (QED) is 0.768. The van der Waals surface area contributed by atoms with Crippen molar-refractivity contribution in [3.63, 3.8) is 0 Å². The summed E-state index contributed by atoms with van der Waals surface area (Å²) in [7, 11) is 3.97. The highest BCUT2D eigenvalue weighted by molar-refractivity contribution is 7.80. The van der Waals surface area contributed by atoms with Gasteiger partial charge in [-0.05, 0) is 16.7 Å². The molecular weight excluding hydrogens is 238 g/mol. The van der Waals surface area contributed by atoms with Gasteiger partial charge in [-0.25, -0.2) is 0 Å². The average Bonchev–Trinajstić information content (AvgIpc) is 2.40. The van der Waals surface area contributed by atoms with Crippen molar-refractivity contribution in [2.75, 3.05) is 14.1 Å². The minimum Gasteiger partial charge on any atom is -0.372 e. The lowest BCUT2D eigenvalue weighted by atomic mass is 10.0. The van der Waals surface area contributed by atoms with Crippen LogP contribution in [-0.2, 0) is 6.42 Å². The lowest BCUT2D eigenvalue weighted by Gasteiger charge is -2.13. The van der Waals surface area contributed by atoms with Gasteiger partial charge in [0, 0.05) is 20.5 Å². The summed E-state index contributed by atoms with van der Waals surface area (Å²) >= 11 is 5.31. The summed E-state index contributed by atoms with van der Waals surface area (Å²) in [6, 6.07) is 19.0. The molecule has 0 aromatic heterocycles. The van der Waals surface area contributed by atoms with Crippen molar-refractivity contribution in [3.8, 4) is 11.1 Å². The van der Waals surface area contributed by atoms with E-state index in [0.717, 1.165) is 11.4 Å². The first-order valence-electron chi connectivity index (χ1n) is 6.01. The number of likely N-dealkylation sites (N-methyl/N-ethyl adjacent to an activating group) is 1. The van der Waals surface area contributed by atoms with Crippen molar-refractivity contribution in [2.45, 2.75) is 6.42 Å². The van der Waals surface area contributed by atoms with E-state index in [0.29, 0.717) is 0 Å². The summed E-state index contributed by atoms with van der Waals surface area (Å²) < 4.78 is 0. The Morgan fingerprint density at radius 3 is 2.00 bits per heavy atom. The van der Waals surface area contributed by atoms with Gasteiger partial charge in [-0.1, -0.05) is 66.8 Å². The Labute approximate surface area is 114 Å². The fourth-order valence-electron chi connectivity index (χ4n) is 1.78. The molecule has 0 heterocycles. The molecule has 0 spiro atoms. The zero-order valence-corrected chi connectivity index (χ0v) is 11.6. The number of rotatable bonds is 3. The zero-order chi connectivity index (χ0) is 13.0. The Morgan fingerprint density at radius 1 is 0.889 bits per heavy atom. The minimum atomic E-state index is 0.831. The van der Waals surface area contributed by atoms with E-state index in [2.05, 4.69) is 48.5 Å². The molecule has 0 aliphatic rings. The van der Waals surface area contributed by atoms with E-state index in [4.69, 9.17) is 12.2 Å². The van der Waals surface area contributed by atoms with E-state index in [1.54, 1.807) is 0 Å². The topological polar surface area (TPSA) is 3.24 Å². The third kappa shape index (κ3) is 3.17. The molecule has 2 aromatic rings. The molecule has 0 radical (unpaired) electrons. The molecular formula is C16H17NS. The van der Waals surface area contributed by atoms with Crippen molar-refractivity contribution >= 4 is 17.2 Å². The smallest absolute Gasteiger partial charge is 0.0818 e. The summed E-state index contributed by atoms with van der Waals surface area (Å²) in [5.41, 5.74) is 3.75. The molecule has 0 aliphatic carbocycles. The second-order valence-electron chi connectivity index (χ2n) is 4.53. The monoisotopic (exact) mass is 255 g/mol. The van der Waals surface area contributed by atoms with Crippen LogP contribution in [0.1, 0.15) is 5.56 Å². The van der Waals surface area contributed by atoms with E-state index in [-0.39, 0.29) is 0 Å². The predicted octanol–water partition coefficient (Wildman–Crippen LogP) is 3.79. The van der Waals surface area contributed by atoms with Crippen LogP contribution in [-0.4, -0.2) is 24.0 Å². The molecule has 2 heteroatoms. The van der Waals surface area contributed by atoms with Crippen LogP contribution >= 0.6 is 12.2 Å². The molecule has 2 aromatic carbocycles. The van der Waals surface area contributed by atoms with E-state index in [1.807, 2.05) is 25.1 Å². The number of hydrogen-bond donors (Lipinski definition) is 0. The van der Waals surface area contributed by atoms with E-state index in [9.17, 15) is 0 Å². The summed E-state index contributed by atoms with van der Waals surface area (Å²) in [6.07, 6.45) is 0.831. The van der Waals surface area contributed by atoms with Gasteiger partial charge in [0.05, 0.1) is 4.99 Å². The van der Waals surface area contributed by atoms with Gasteiger partial charge in [-0.15, -0.1) is 0 Å². The summed E-state index contributed by atoms with van der Waals surface area (Å²) in [5.74, 6) is 0. The molecule has 92 valence electrons. The first kappa shape index (κ1) is 12.8. The Morgan fingerprint density at radius 2 is 1.44 bits per heavy atom. The predicted molar refractivity (Wildman–Crippen MR) is 81.9 cm³/mol. The van der Waals surface area contributed by atoms with Crippen LogP contribution < -0.4 is 0 Å². The summed E-state index contributed by atoms with van der Waals surface area (Å²) in [4.78, 5) is 2.95. The van der Waals surface area contributed by atoms with Crippen LogP contribution in [0.4, 0.5) is 0 Å². The summed E-state index contributed by atoms with van der Waals surface area (Å²) in [6.45, 7) is 0. The molecule has 0 atom stereocenters. The molecule has 0 aliphatic heterocycles. The molecule has 0 saturated heterocycles. The van der Waals surface area contributed by atoms with Gasteiger partial charge >= 0.3 is 0 Å². The van der Waals surface area contributed by atoms with E-state index < -0.39 is 0 Å². The molecule has 2 rings (SSSR count). The number of nitrogens with zero attached hydrogens (tertiary/aromatic N) is 1. The molecule has 0 N–H and O–H groups in total. The van der Waals surface area contributed by atoms with Crippen molar-refractivity contribution in [3.05, 3.63) is 60.2 Å². The SMILES string of the molecule is CN(C)C(=S)Cc1ccc(-c2ccccc2)cc1. The average molecular weight is 255 g/mol. The Bertz CT molecular complexity index is 515. The highest BCUT2D eigenvalue weighted by Crippen LogP contribution is 2.19. The van der Waals surface area contributed by atoms with Gasteiger partial charge in [-0.2, -0.15) is 0 Å². The Balaban J connectivity index is 2.13. The fourth-order valence-corrected chi connectivity index (χ4v) is 1.95. The van der Waals surface area contributed by atoms with Crippen molar-refractivity contribution < 1.29 is 0 Å². The highest BCUT2D eigenvalue weighted by Gasteiger charge is 2.02. The largest absolute Gasteiger partial charge is 0.372 e. The third-order valence-corrected chi connectivity index (χ3v) is 3.42. The van der Waals surface area contributed by atoms with Crippen molar-refractivity contribution in [1.82, 2.24) is 4.90 Å². The Hall–Kier alpha value is -1.67. The van der Waals surface area contributed by atoms with Gasteiger partial charge in [0.25, 0.3) is 0 Å². The summed E-state index contributed by atoms with van der Waals surface area (Å²) in [5, 5.41) is 0. The highest BCUT2D eigenvalue weighted by atomic mass is 32.1. The molecule has 1 nitrogen and oxygen atoms in total. The first-order valence-corrected chi connectivity index (χ1v) is 6.42. The lowest BCUT2D eigenvalue weighted by molar-refractivity contribution is 0.624. The molecule has 18 heavy (non-hydrogen) atoms. The van der Waals surface area contributed by atoms with Crippen LogP contribution in [0, 0.1) is 0 Å². The van der Waals surface area contributed by atoms with Crippen LogP contribution in [0.3, 0.4) is 0 Å². The number of thiocarbonyl (C=S) groups is 1. The van der Waals surface area contributed by atoms with Crippen molar-refractivity contribution in [1.29, 1.82) is 0 Å². The van der Waals surface area contributed by atoms with Crippen LogP contribution in [0.25, 0.3) is 11.1 Å². The van der Waals surface area contributed by atoms with Gasteiger partial charge in [0.2, 0.25) is 0 Å². The Kier molecular flexibility index (Phi) is 4.11. The maximum absolute atomic E-state index is 5.31. The molecule has 0 fully saturated rings. The zero-order valence-electron chi connectivity index (χ0n) is 10.8. The third-order valence-electron chi connectivity index (χ3n) is 2.92. The van der Waals surface area contributed by atoms with Gasteiger partial charge in [0.1, 0.15) is 0 Å². The van der Waals surface area contributed by atoms with Gasteiger partial charge in [-0.3, -0.25) is 0 Å².